The van der Waals surface area contributed by atoms with Gasteiger partial charge in [-0.1, -0.05) is 12.1 Å². The van der Waals surface area contributed by atoms with Gasteiger partial charge in [0, 0.05) is 0 Å². The molecule has 0 saturated carbocycles. The first-order chi connectivity index (χ1) is 6.79. The van der Waals surface area contributed by atoms with Crippen LogP contribution in [0.1, 0.15) is 11.7 Å². The average Bonchev–Trinajstić information content (AvgIpc) is 2.66. The lowest BCUT2D eigenvalue weighted by Crippen LogP contribution is -2.14. The fraction of sp³-hybridized carbons (Fsp3) is 0.300. The molecule has 0 spiro atoms. The summed E-state index contributed by atoms with van der Waals surface area (Å²) in [6, 6.07) is 7.00. The third kappa shape index (κ3) is 1.70. The van der Waals surface area contributed by atoms with Gasteiger partial charge in [-0.05, 0) is 17.7 Å². The van der Waals surface area contributed by atoms with Crippen molar-refractivity contribution >= 4 is 5.90 Å². The lowest BCUT2D eigenvalue weighted by atomic mass is 10.1. The summed E-state index contributed by atoms with van der Waals surface area (Å²) in [6.07, 6.45) is -0.0966. The van der Waals surface area contributed by atoms with Gasteiger partial charge < -0.3 is 15.6 Å². The molecule has 4 nitrogen and oxygen atoms in total. The van der Waals surface area contributed by atoms with Gasteiger partial charge in [-0.3, -0.25) is 4.99 Å². The molecule has 0 saturated heterocycles. The summed E-state index contributed by atoms with van der Waals surface area (Å²) in [6.45, 7) is 0.908. The van der Waals surface area contributed by atoms with E-state index < -0.39 is 0 Å². The highest BCUT2D eigenvalue weighted by atomic mass is 16.5. The molecule has 1 aliphatic rings. The number of rotatable bonds is 2. The van der Waals surface area contributed by atoms with E-state index in [0.717, 1.165) is 5.56 Å². The van der Waals surface area contributed by atoms with E-state index >= 15 is 0 Å². The highest BCUT2D eigenvalue weighted by Gasteiger charge is 2.20. The van der Waals surface area contributed by atoms with Crippen LogP contribution in [0.3, 0.4) is 0 Å². The van der Waals surface area contributed by atoms with Crippen molar-refractivity contribution in [2.24, 2.45) is 10.7 Å². The molecule has 0 amide bonds. The van der Waals surface area contributed by atoms with Gasteiger partial charge >= 0.3 is 0 Å². The zero-order chi connectivity index (χ0) is 9.97. The van der Waals surface area contributed by atoms with E-state index in [1.54, 1.807) is 18.2 Å². The van der Waals surface area contributed by atoms with Crippen LogP contribution < -0.4 is 5.73 Å². The maximum Gasteiger partial charge on any atom is 0.198 e. The molecule has 74 valence electrons. The zero-order valence-electron chi connectivity index (χ0n) is 7.68. The van der Waals surface area contributed by atoms with Crippen LogP contribution in [0, 0.1) is 0 Å². The first-order valence-electron chi connectivity index (χ1n) is 4.48. The summed E-state index contributed by atoms with van der Waals surface area (Å²) in [7, 11) is 0. The van der Waals surface area contributed by atoms with E-state index in [9.17, 15) is 5.11 Å². The van der Waals surface area contributed by atoms with E-state index in [0.29, 0.717) is 19.0 Å². The number of aliphatic imine (C=N–C) groups is 1. The molecular formula is C10H12N2O2. The van der Waals surface area contributed by atoms with Crippen LogP contribution in [0.5, 0.6) is 5.75 Å². The molecule has 0 radical (unpaired) electrons. The Morgan fingerprint density at radius 1 is 1.57 bits per heavy atom. The number of nitrogens with two attached hydrogens (primary N) is 1. The Hall–Kier alpha value is -1.55. The lowest BCUT2D eigenvalue weighted by molar-refractivity contribution is 0.226. The number of nitrogens with zero attached hydrogens (tertiary/aromatic N) is 1. The second-order valence-corrected chi connectivity index (χ2v) is 3.14. The standard InChI is InChI=1S/C10H12N2O2/c11-5-10-12-6-9(14-10)7-2-1-3-8(13)4-7/h1-4,9,13H,5-6,11H2. The molecule has 4 heteroatoms. The number of phenolic OH excluding ortho intramolecular Hbond substituents is 1. The van der Waals surface area contributed by atoms with Crippen LogP contribution in [0.15, 0.2) is 29.3 Å². The maximum atomic E-state index is 9.28. The topological polar surface area (TPSA) is 67.8 Å². The molecule has 1 aliphatic heterocycles. The third-order valence-corrected chi connectivity index (χ3v) is 2.13. The molecule has 1 atom stereocenters. The van der Waals surface area contributed by atoms with E-state index in [4.69, 9.17) is 10.5 Å². The van der Waals surface area contributed by atoms with Gasteiger partial charge in [0.2, 0.25) is 0 Å². The van der Waals surface area contributed by atoms with Crippen molar-refractivity contribution in [2.75, 3.05) is 13.1 Å². The van der Waals surface area contributed by atoms with Crippen molar-refractivity contribution in [3.63, 3.8) is 0 Å². The predicted octanol–water partition coefficient (Wildman–Crippen LogP) is 0.821. The summed E-state index contributed by atoms with van der Waals surface area (Å²) in [5.41, 5.74) is 6.33. The molecule has 1 heterocycles. The predicted molar refractivity (Wildman–Crippen MR) is 53.3 cm³/mol. The summed E-state index contributed by atoms with van der Waals surface area (Å²) < 4.78 is 5.47. The van der Waals surface area contributed by atoms with Crippen molar-refractivity contribution < 1.29 is 9.84 Å². The van der Waals surface area contributed by atoms with E-state index in [1.807, 2.05) is 6.07 Å². The number of phenols is 1. The fourth-order valence-corrected chi connectivity index (χ4v) is 1.43. The quantitative estimate of drug-likeness (QED) is 0.729. The van der Waals surface area contributed by atoms with Crippen LogP contribution >= 0.6 is 0 Å². The Kier molecular flexibility index (Phi) is 2.37. The molecule has 2 rings (SSSR count). The molecule has 14 heavy (non-hydrogen) atoms. The minimum Gasteiger partial charge on any atom is -0.508 e. The Bertz CT molecular complexity index is 363. The minimum atomic E-state index is -0.0966. The summed E-state index contributed by atoms with van der Waals surface area (Å²) in [5, 5.41) is 9.28. The number of hydrogen-bond donors (Lipinski definition) is 2. The van der Waals surface area contributed by atoms with Gasteiger partial charge in [0.05, 0.1) is 13.1 Å². The van der Waals surface area contributed by atoms with Crippen molar-refractivity contribution in [3.8, 4) is 5.75 Å². The second kappa shape index (κ2) is 3.67. The number of hydrogen-bond acceptors (Lipinski definition) is 4. The lowest BCUT2D eigenvalue weighted by Gasteiger charge is -2.10. The van der Waals surface area contributed by atoms with Gasteiger partial charge in [-0.25, -0.2) is 0 Å². The third-order valence-electron chi connectivity index (χ3n) is 2.13. The van der Waals surface area contributed by atoms with Crippen molar-refractivity contribution in [1.29, 1.82) is 0 Å². The Balaban J connectivity index is 2.12. The highest BCUT2D eigenvalue weighted by molar-refractivity contribution is 5.79. The Morgan fingerprint density at radius 3 is 3.07 bits per heavy atom. The largest absolute Gasteiger partial charge is 0.508 e. The van der Waals surface area contributed by atoms with Crippen LogP contribution in [-0.2, 0) is 4.74 Å². The highest BCUT2D eigenvalue weighted by Crippen LogP contribution is 2.25. The van der Waals surface area contributed by atoms with Crippen LogP contribution in [0.4, 0.5) is 0 Å². The van der Waals surface area contributed by atoms with Crippen LogP contribution in [0.25, 0.3) is 0 Å². The molecule has 0 fully saturated rings. The summed E-state index contributed by atoms with van der Waals surface area (Å²) in [5.74, 6) is 0.825. The van der Waals surface area contributed by atoms with Crippen LogP contribution in [0.2, 0.25) is 0 Å². The molecular weight excluding hydrogens is 180 g/mol. The maximum absolute atomic E-state index is 9.28. The van der Waals surface area contributed by atoms with Crippen molar-refractivity contribution in [1.82, 2.24) is 0 Å². The second-order valence-electron chi connectivity index (χ2n) is 3.14. The molecule has 1 aromatic carbocycles. The molecule has 0 aromatic heterocycles. The number of ether oxygens (including phenoxy) is 1. The van der Waals surface area contributed by atoms with Crippen molar-refractivity contribution in [2.45, 2.75) is 6.10 Å². The van der Waals surface area contributed by atoms with Gasteiger partial charge in [0.25, 0.3) is 0 Å². The van der Waals surface area contributed by atoms with Crippen LogP contribution in [-0.4, -0.2) is 24.1 Å². The Morgan fingerprint density at radius 2 is 2.43 bits per heavy atom. The molecule has 0 aliphatic carbocycles. The van der Waals surface area contributed by atoms with E-state index in [1.165, 1.54) is 0 Å². The molecule has 1 aromatic rings. The van der Waals surface area contributed by atoms with Gasteiger partial charge in [0.1, 0.15) is 11.9 Å². The number of benzene rings is 1. The van der Waals surface area contributed by atoms with Crippen molar-refractivity contribution in [3.05, 3.63) is 29.8 Å². The smallest absolute Gasteiger partial charge is 0.198 e. The molecule has 1 unspecified atom stereocenters. The molecule has 3 N–H and O–H groups in total. The first-order valence-corrected chi connectivity index (χ1v) is 4.48. The Labute approximate surface area is 82.0 Å². The van der Waals surface area contributed by atoms with E-state index in [-0.39, 0.29) is 11.9 Å². The molecule has 0 bridgehead atoms. The van der Waals surface area contributed by atoms with E-state index in [2.05, 4.69) is 4.99 Å². The van der Waals surface area contributed by atoms with Gasteiger partial charge in [-0.2, -0.15) is 0 Å². The zero-order valence-corrected chi connectivity index (χ0v) is 7.68. The summed E-state index contributed by atoms with van der Waals surface area (Å²) >= 11 is 0. The monoisotopic (exact) mass is 192 g/mol. The number of aromatic hydroxyl groups is 1. The SMILES string of the molecule is NCC1=NCC(c2cccc(O)c2)O1. The normalized spacial score (nSPS) is 20.4. The van der Waals surface area contributed by atoms with Gasteiger partial charge in [0.15, 0.2) is 5.90 Å². The minimum absolute atomic E-state index is 0.0966. The average molecular weight is 192 g/mol. The first kappa shape index (κ1) is 9.02. The van der Waals surface area contributed by atoms with Gasteiger partial charge in [-0.15, -0.1) is 0 Å². The fourth-order valence-electron chi connectivity index (χ4n) is 1.43. The summed E-state index contributed by atoms with van der Waals surface area (Å²) in [4.78, 5) is 4.13.